The number of aromatic nitrogens is 4. The molecule has 292 valence electrons. The van der Waals surface area contributed by atoms with Crippen molar-refractivity contribution in [3.05, 3.63) is 80.9 Å². The third-order valence-electron chi connectivity index (χ3n) is 11.4. The molecule has 4 N–H and O–H groups in total. The van der Waals surface area contributed by atoms with Crippen molar-refractivity contribution in [2.24, 2.45) is 25.9 Å². The Morgan fingerprint density at radius 3 is 1.78 bits per heavy atom. The van der Waals surface area contributed by atoms with Crippen LogP contribution in [0.25, 0.3) is 11.1 Å². The lowest BCUT2D eigenvalue weighted by Gasteiger charge is -2.30. The lowest BCUT2D eigenvalue weighted by molar-refractivity contribution is -0.143. The molecule has 1 fully saturated rings. The van der Waals surface area contributed by atoms with Crippen molar-refractivity contribution < 1.29 is 24.6 Å². The maximum atomic E-state index is 13.7. The third kappa shape index (κ3) is 8.31. The highest BCUT2D eigenvalue weighted by molar-refractivity contribution is 6.40. The maximum absolute atomic E-state index is 13.7. The van der Waals surface area contributed by atoms with E-state index in [0.29, 0.717) is 58.9 Å². The molecule has 0 spiro atoms. The molecule has 3 aliphatic rings. The number of hydrogen-bond acceptors (Lipinski definition) is 8. The lowest BCUT2D eigenvalue weighted by atomic mass is 9.80. The molecular weight excluding hydrogens is 743 g/mol. The molecule has 1 unspecified atom stereocenters. The Hall–Kier alpha value is -4.27. The van der Waals surface area contributed by atoms with Gasteiger partial charge in [0.05, 0.1) is 44.8 Å². The van der Waals surface area contributed by atoms with Crippen LogP contribution >= 0.6 is 23.2 Å². The SMILES string of the molecule is CC(O)CN1CCc2c(nc(C(=O)Nc3cccc(-c4cccc(NC(=O)c5nc6c(n5C)CCN(CCC5CCC(C(=O)O)CC5)C6)c4Cl)c3Cl)n2C)C1. The first kappa shape index (κ1) is 39.0. The van der Waals surface area contributed by atoms with Gasteiger partial charge in [0.15, 0.2) is 11.6 Å². The number of β-amino-alcohol motifs (C(OH)–C–C–N with tert-alkyl or cyclic N) is 1. The largest absolute Gasteiger partial charge is 0.481 e. The van der Waals surface area contributed by atoms with Crippen LogP contribution in [0.15, 0.2) is 36.4 Å². The smallest absolute Gasteiger partial charge is 0.306 e. The fraction of sp³-hybridized carbons (Fsp3) is 0.475. The van der Waals surface area contributed by atoms with E-state index < -0.39 is 18.0 Å². The second-order valence-corrected chi connectivity index (χ2v) is 16.0. The minimum absolute atomic E-state index is 0.201. The Morgan fingerprint density at radius 2 is 1.29 bits per heavy atom. The number of amides is 2. The Bertz CT molecular complexity index is 2100. The summed E-state index contributed by atoms with van der Waals surface area (Å²) in [5.74, 6) is -0.531. The fourth-order valence-electron chi connectivity index (χ4n) is 8.38. The molecule has 0 saturated heterocycles. The number of fused-ring (bicyclic) bond motifs is 2. The van der Waals surface area contributed by atoms with Crippen molar-refractivity contribution in [3.63, 3.8) is 0 Å². The van der Waals surface area contributed by atoms with Gasteiger partial charge in [0.1, 0.15) is 0 Å². The molecule has 2 aromatic carbocycles. The van der Waals surface area contributed by atoms with Gasteiger partial charge in [-0.2, -0.15) is 0 Å². The number of nitrogens with zero attached hydrogens (tertiary/aromatic N) is 6. The fourth-order valence-corrected chi connectivity index (χ4v) is 8.93. The number of carboxylic acids is 1. The molecule has 2 aliphatic heterocycles. The summed E-state index contributed by atoms with van der Waals surface area (Å²) in [5.41, 5.74) is 5.70. The lowest BCUT2D eigenvalue weighted by Crippen LogP contribution is -2.36. The van der Waals surface area contributed by atoms with Gasteiger partial charge in [0, 0.05) is 82.2 Å². The number of hydrogen-bond donors (Lipinski definition) is 4. The van der Waals surface area contributed by atoms with E-state index >= 15 is 0 Å². The molecule has 13 nitrogen and oxygen atoms in total. The molecule has 0 radical (unpaired) electrons. The van der Waals surface area contributed by atoms with Gasteiger partial charge in [-0.3, -0.25) is 24.2 Å². The number of aliphatic hydroxyl groups is 1. The first-order chi connectivity index (χ1) is 26.4. The summed E-state index contributed by atoms with van der Waals surface area (Å²) in [4.78, 5) is 52.5. The Kier molecular flexibility index (Phi) is 11.7. The Balaban J connectivity index is 1.01. The van der Waals surface area contributed by atoms with Crippen molar-refractivity contribution in [1.29, 1.82) is 0 Å². The van der Waals surface area contributed by atoms with E-state index in [0.717, 1.165) is 87.4 Å². The summed E-state index contributed by atoms with van der Waals surface area (Å²) in [7, 11) is 3.69. The average Bonchev–Trinajstić information content (AvgIpc) is 3.67. The quantitative estimate of drug-likeness (QED) is 0.143. The number of aliphatic hydroxyl groups excluding tert-OH is 1. The summed E-state index contributed by atoms with van der Waals surface area (Å²) >= 11 is 13.9. The van der Waals surface area contributed by atoms with Crippen molar-refractivity contribution in [1.82, 2.24) is 28.9 Å². The van der Waals surface area contributed by atoms with E-state index in [1.54, 1.807) is 37.3 Å². The molecule has 0 bridgehead atoms. The van der Waals surface area contributed by atoms with Gasteiger partial charge in [-0.05, 0) is 63.6 Å². The molecule has 1 atom stereocenters. The number of carbonyl (C=O) groups excluding carboxylic acids is 2. The highest BCUT2D eigenvalue weighted by Crippen LogP contribution is 2.40. The number of imidazole rings is 2. The number of carboxylic acid groups (broad SMARTS) is 1. The molecule has 1 saturated carbocycles. The van der Waals surface area contributed by atoms with Crippen molar-refractivity contribution in [2.45, 2.75) is 71.1 Å². The summed E-state index contributed by atoms with van der Waals surface area (Å²) in [5, 5.41) is 25.6. The van der Waals surface area contributed by atoms with Crippen molar-refractivity contribution >= 4 is 52.4 Å². The predicted molar refractivity (Wildman–Crippen MR) is 212 cm³/mol. The normalized spacial score (nSPS) is 19.4. The van der Waals surface area contributed by atoms with Gasteiger partial charge in [-0.1, -0.05) is 47.5 Å². The minimum atomic E-state index is -0.674. The summed E-state index contributed by atoms with van der Waals surface area (Å²) in [6.07, 6.45) is 5.53. The van der Waals surface area contributed by atoms with E-state index in [2.05, 4.69) is 25.4 Å². The molecule has 4 aromatic rings. The van der Waals surface area contributed by atoms with Crippen LogP contribution in [-0.2, 0) is 44.8 Å². The second kappa shape index (κ2) is 16.4. The number of carbonyl (C=O) groups is 3. The molecule has 2 amide bonds. The maximum Gasteiger partial charge on any atom is 0.306 e. The first-order valence-corrected chi connectivity index (χ1v) is 19.8. The van der Waals surface area contributed by atoms with Crippen LogP contribution in [0.1, 0.15) is 83.0 Å². The van der Waals surface area contributed by atoms with Gasteiger partial charge >= 0.3 is 5.97 Å². The van der Waals surface area contributed by atoms with Crippen LogP contribution in [0, 0.1) is 11.8 Å². The summed E-state index contributed by atoms with van der Waals surface area (Å²) in [6.45, 7) is 6.09. The van der Waals surface area contributed by atoms with Crippen LogP contribution in [0.4, 0.5) is 11.4 Å². The summed E-state index contributed by atoms with van der Waals surface area (Å²) < 4.78 is 3.68. The predicted octanol–water partition coefficient (Wildman–Crippen LogP) is 6.01. The van der Waals surface area contributed by atoms with Gasteiger partial charge < -0.3 is 30.0 Å². The Morgan fingerprint density at radius 1 is 0.800 bits per heavy atom. The van der Waals surface area contributed by atoms with Crippen LogP contribution < -0.4 is 10.6 Å². The molecular formula is C40H48Cl2N8O5. The van der Waals surface area contributed by atoms with E-state index in [-0.39, 0.29) is 22.7 Å². The molecule has 1 aliphatic carbocycles. The second-order valence-electron chi connectivity index (χ2n) is 15.2. The number of nitrogens with one attached hydrogen (secondary N) is 2. The van der Waals surface area contributed by atoms with Gasteiger partial charge in [0.25, 0.3) is 11.8 Å². The van der Waals surface area contributed by atoms with Crippen molar-refractivity contribution in [2.75, 3.05) is 36.8 Å². The van der Waals surface area contributed by atoms with Crippen LogP contribution in [0.5, 0.6) is 0 Å². The third-order valence-corrected chi connectivity index (χ3v) is 12.2. The summed E-state index contributed by atoms with van der Waals surface area (Å²) in [6, 6.07) is 10.6. The molecule has 2 aromatic heterocycles. The topological polar surface area (TPSA) is 158 Å². The van der Waals surface area contributed by atoms with E-state index in [1.807, 2.05) is 29.3 Å². The number of benzene rings is 2. The monoisotopic (exact) mass is 790 g/mol. The number of halogens is 2. The van der Waals surface area contributed by atoms with E-state index in [4.69, 9.17) is 28.2 Å². The molecule has 7 rings (SSSR count). The van der Waals surface area contributed by atoms with Crippen LogP contribution in [0.2, 0.25) is 10.0 Å². The van der Waals surface area contributed by atoms with Crippen molar-refractivity contribution in [3.8, 4) is 11.1 Å². The van der Waals surface area contributed by atoms with E-state index in [9.17, 15) is 24.6 Å². The molecule has 4 heterocycles. The van der Waals surface area contributed by atoms with Crippen LogP contribution in [0.3, 0.4) is 0 Å². The Labute approximate surface area is 330 Å². The number of anilines is 2. The zero-order valence-electron chi connectivity index (χ0n) is 31.4. The van der Waals surface area contributed by atoms with Gasteiger partial charge in [-0.25, -0.2) is 9.97 Å². The highest BCUT2D eigenvalue weighted by atomic mass is 35.5. The molecule has 15 heteroatoms. The highest BCUT2D eigenvalue weighted by Gasteiger charge is 2.30. The minimum Gasteiger partial charge on any atom is -0.481 e. The average molecular weight is 792 g/mol. The van der Waals surface area contributed by atoms with Gasteiger partial charge in [0.2, 0.25) is 0 Å². The number of rotatable bonds is 11. The number of aliphatic carboxylic acids is 1. The first-order valence-electron chi connectivity index (χ1n) is 19.0. The van der Waals surface area contributed by atoms with Crippen LogP contribution in [-0.4, -0.2) is 89.2 Å². The van der Waals surface area contributed by atoms with E-state index in [1.165, 1.54) is 0 Å². The zero-order chi connectivity index (χ0) is 39.0. The standard InChI is InChI=1S/C40H48Cl2N8O5/c1-23(51)20-50-19-16-33-31(22-50)44-37(48(33)3)39(53)46-29-9-5-7-27(35(29)42)26-6-4-8-28(34(26)41)45-38(52)36-43-30-21-49(18-15-32(30)47(36)2)17-14-24-10-12-25(13-11-24)40(54)55/h4-9,23-25,51H,10-22H2,1-3H3,(H,45,52)(H,46,53)(H,54,55). The zero-order valence-corrected chi connectivity index (χ0v) is 33.0. The van der Waals surface area contributed by atoms with Gasteiger partial charge in [-0.15, -0.1) is 0 Å². The molecule has 55 heavy (non-hydrogen) atoms.